The van der Waals surface area contributed by atoms with Crippen LogP contribution in [0, 0.1) is 0 Å². The molecule has 0 aliphatic carbocycles. The van der Waals surface area contributed by atoms with Crippen molar-refractivity contribution in [1.82, 2.24) is 4.90 Å². The molecular formula is C13H20N2O5S. The fourth-order valence-electron chi connectivity index (χ4n) is 1.54. The van der Waals surface area contributed by atoms with Gasteiger partial charge < -0.3 is 14.4 Å². The Hall–Kier alpha value is -1.64. The highest BCUT2D eigenvalue weighted by atomic mass is 32.2. The molecule has 0 fully saturated rings. The van der Waals surface area contributed by atoms with E-state index in [1.54, 1.807) is 12.1 Å². The van der Waals surface area contributed by atoms with Crippen LogP contribution < -0.4 is 9.88 Å². The second-order valence-electron chi connectivity index (χ2n) is 4.49. The zero-order valence-corrected chi connectivity index (χ0v) is 12.9. The third-order valence-corrected chi connectivity index (χ3v) is 3.75. The number of carbonyl (C=O) groups is 1. The first-order valence-corrected chi connectivity index (χ1v) is 7.88. The predicted octanol–water partition coefficient (Wildman–Crippen LogP) is 0.208. The third-order valence-electron chi connectivity index (χ3n) is 2.82. The van der Waals surface area contributed by atoms with E-state index in [9.17, 15) is 13.2 Å². The fraction of sp³-hybridized carbons (Fsp3) is 0.462. The number of methoxy groups -OCH3 is 1. The van der Waals surface area contributed by atoms with Gasteiger partial charge in [-0.05, 0) is 31.3 Å². The molecule has 0 radical (unpaired) electrons. The van der Waals surface area contributed by atoms with Crippen molar-refractivity contribution in [2.75, 3.05) is 33.9 Å². The second kappa shape index (κ2) is 7.96. The van der Waals surface area contributed by atoms with Gasteiger partial charge >= 0.3 is 5.97 Å². The monoisotopic (exact) mass is 316 g/mol. The van der Waals surface area contributed by atoms with Gasteiger partial charge in [-0.1, -0.05) is 0 Å². The minimum Gasteiger partial charge on any atom is -0.492 e. The first-order valence-electron chi connectivity index (χ1n) is 6.34. The number of esters is 1. The molecule has 0 aliphatic heterocycles. The van der Waals surface area contributed by atoms with E-state index in [4.69, 9.17) is 9.88 Å². The Bertz CT molecular complexity index is 556. The second-order valence-corrected chi connectivity index (χ2v) is 6.06. The largest absolute Gasteiger partial charge is 0.492 e. The molecule has 0 aliphatic rings. The van der Waals surface area contributed by atoms with Crippen molar-refractivity contribution in [2.45, 2.75) is 11.3 Å². The van der Waals surface area contributed by atoms with Gasteiger partial charge in [0, 0.05) is 13.1 Å². The molecule has 8 heteroatoms. The smallest absolute Gasteiger partial charge is 0.306 e. The minimum atomic E-state index is -3.68. The van der Waals surface area contributed by atoms with Gasteiger partial charge in [0.05, 0.1) is 18.4 Å². The number of rotatable bonds is 8. The summed E-state index contributed by atoms with van der Waals surface area (Å²) in [5.41, 5.74) is 0. The highest BCUT2D eigenvalue weighted by Gasteiger charge is 2.07. The Morgan fingerprint density at radius 3 is 2.38 bits per heavy atom. The molecule has 1 rings (SSSR count). The Kier molecular flexibility index (Phi) is 6.60. The first kappa shape index (κ1) is 17.4. The quantitative estimate of drug-likeness (QED) is 0.688. The molecule has 0 unspecified atom stereocenters. The summed E-state index contributed by atoms with van der Waals surface area (Å²) in [6, 6.07) is 5.89. The maximum atomic E-state index is 11.1. The number of ether oxygens (including phenoxy) is 2. The zero-order valence-electron chi connectivity index (χ0n) is 12.1. The lowest BCUT2D eigenvalue weighted by Crippen LogP contribution is -2.27. The van der Waals surface area contributed by atoms with Crippen LogP contribution in [0.25, 0.3) is 0 Å². The van der Waals surface area contributed by atoms with Gasteiger partial charge in [-0.3, -0.25) is 4.79 Å². The molecule has 0 spiro atoms. The van der Waals surface area contributed by atoms with Crippen LogP contribution in [0.4, 0.5) is 0 Å². The van der Waals surface area contributed by atoms with Crippen molar-refractivity contribution in [3.05, 3.63) is 24.3 Å². The van der Waals surface area contributed by atoms with Gasteiger partial charge in [0.2, 0.25) is 10.0 Å². The summed E-state index contributed by atoms with van der Waals surface area (Å²) in [7, 11) is -0.450. The van der Waals surface area contributed by atoms with Crippen LogP contribution in [-0.4, -0.2) is 53.1 Å². The van der Waals surface area contributed by atoms with Gasteiger partial charge in [-0.15, -0.1) is 0 Å². The number of sulfonamides is 1. The average molecular weight is 316 g/mol. The van der Waals surface area contributed by atoms with E-state index in [2.05, 4.69) is 4.74 Å². The normalized spacial score (nSPS) is 11.4. The van der Waals surface area contributed by atoms with Crippen LogP contribution in [0.2, 0.25) is 0 Å². The van der Waals surface area contributed by atoms with E-state index in [1.165, 1.54) is 19.2 Å². The van der Waals surface area contributed by atoms with Crippen molar-refractivity contribution in [3.63, 3.8) is 0 Å². The molecular weight excluding hydrogens is 296 g/mol. The molecule has 7 nitrogen and oxygen atoms in total. The van der Waals surface area contributed by atoms with E-state index in [0.717, 1.165) is 0 Å². The summed E-state index contributed by atoms with van der Waals surface area (Å²) in [6.07, 6.45) is 0.329. The SMILES string of the molecule is COC(=O)CCN(C)CCOc1ccc(S(N)(=O)=O)cc1. The molecule has 1 aromatic rings. The van der Waals surface area contributed by atoms with Gasteiger partial charge in [-0.25, -0.2) is 13.6 Å². The van der Waals surface area contributed by atoms with Gasteiger partial charge in [-0.2, -0.15) is 0 Å². The van der Waals surface area contributed by atoms with E-state index < -0.39 is 10.0 Å². The van der Waals surface area contributed by atoms with Crippen LogP contribution in [0.1, 0.15) is 6.42 Å². The molecule has 0 heterocycles. The van der Waals surface area contributed by atoms with Crippen LogP contribution in [-0.2, 0) is 19.6 Å². The molecule has 0 saturated carbocycles. The van der Waals surface area contributed by atoms with E-state index in [0.29, 0.717) is 31.9 Å². The number of hydrogen-bond acceptors (Lipinski definition) is 6. The van der Waals surface area contributed by atoms with Crippen LogP contribution in [0.15, 0.2) is 29.2 Å². The summed E-state index contributed by atoms with van der Waals surface area (Å²) in [5, 5.41) is 5.00. The molecule has 2 N–H and O–H groups in total. The van der Waals surface area contributed by atoms with E-state index in [1.807, 2.05) is 11.9 Å². The van der Waals surface area contributed by atoms with Gasteiger partial charge in [0.1, 0.15) is 12.4 Å². The summed E-state index contributed by atoms with van der Waals surface area (Å²) >= 11 is 0. The van der Waals surface area contributed by atoms with Crippen molar-refractivity contribution < 1.29 is 22.7 Å². The summed E-state index contributed by atoms with van der Waals surface area (Å²) in [5.74, 6) is 0.310. The van der Waals surface area contributed by atoms with E-state index in [-0.39, 0.29) is 10.9 Å². The lowest BCUT2D eigenvalue weighted by Gasteiger charge is -2.16. The van der Waals surface area contributed by atoms with E-state index >= 15 is 0 Å². The lowest BCUT2D eigenvalue weighted by molar-refractivity contribution is -0.140. The highest BCUT2D eigenvalue weighted by Crippen LogP contribution is 2.14. The Morgan fingerprint density at radius 1 is 1.24 bits per heavy atom. The third kappa shape index (κ3) is 6.56. The van der Waals surface area contributed by atoms with Crippen molar-refractivity contribution in [3.8, 4) is 5.75 Å². The number of primary sulfonamides is 1. The molecule has 0 bridgehead atoms. The Balaban J connectivity index is 2.34. The molecule has 1 aromatic carbocycles. The number of nitrogens with two attached hydrogens (primary N) is 1. The number of benzene rings is 1. The number of likely N-dealkylation sites (N-methyl/N-ethyl adjacent to an activating group) is 1. The minimum absolute atomic E-state index is 0.0463. The molecule has 0 atom stereocenters. The molecule has 0 aromatic heterocycles. The Labute approximate surface area is 124 Å². The lowest BCUT2D eigenvalue weighted by atomic mass is 10.3. The van der Waals surface area contributed by atoms with Crippen LogP contribution in [0.5, 0.6) is 5.75 Å². The maximum absolute atomic E-state index is 11.1. The standard InChI is InChI=1S/C13H20N2O5S/c1-15(8-7-13(16)19-2)9-10-20-11-3-5-12(6-4-11)21(14,17)18/h3-6H,7-10H2,1-2H3,(H2,14,17,18). The summed E-state index contributed by atoms with van der Waals surface area (Å²) in [4.78, 5) is 13.0. The average Bonchev–Trinajstić information content (AvgIpc) is 2.44. The van der Waals surface area contributed by atoms with Crippen molar-refractivity contribution >= 4 is 16.0 Å². The van der Waals surface area contributed by atoms with Gasteiger partial charge in [0.25, 0.3) is 0 Å². The van der Waals surface area contributed by atoms with Crippen molar-refractivity contribution in [1.29, 1.82) is 0 Å². The molecule has 21 heavy (non-hydrogen) atoms. The summed E-state index contributed by atoms with van der Waals surface area (Å²) < 4.78 is 32.2. The summed E-state index contributed by atoms with van der Waals surface area (Å²) in [6.45, 7) is 1.64. The topological polar surface area (TPSA) is 98.9 Å². The van der Waals surface area contributed by atoms with Crippen LogP contribution >= 0.6 is 0 Å². The Morgan fingerprint density at radius 2 is 1.86 bits per heavy atom. The molecule has 0 amide bonds. The number of nitrogens with zero attached hydrogens (tertiary/aromatic N) is 1. The van der Waals surface area contributed by atoms with Gasteiger partial charge in [0.15, 0.2) is 0 Å². The van der Waals surface area contributed by atoms with Crippen LogP contribution in [0.3, 0.4) is 0 Å². The molecule has 118 valence electrons. The maximum Gasteiger partial charge on any atom is 0.306 e. The predicted molar refractivity (Wildman–Crippen MR) is 77.4 cm³/mol. The zero-order chi connectivity index (χ0) is 15.9. The first-order chi connectivity index (χ1) is 9.82. The fourth-order valence-corrected chi connectivity index (χ4v) is 2.06. The highest BCUT2D eigenvalue weighted by molar-refractivity contribution is 7.89. The number of hydrogen-bond donors (Lipinski definition) is 1. The van der Waals surface area contributed by atoms with Crippen molar-refractivity contribution in [2.24, 2.45) is 5.14 Å². The molecule has 0 saturated heterocycles. The number of carbonyl (C=O) groups excluding carboxylic acids is 1.